The fourth-order valence-electron chi connectivity index (χ4n) is 1.27. The summed E-state index contributed by atoms with van der Waals surface area (Å²) in [5, 5.41) is 0. The van der Waals surface area contributed by atoms with E-state index in [0.717, 1.165) is 12.0 Å². The van der Waals surface area contributed by atoms with Crippen LogP contribution in [-0.4, -0.2) is 10.2 Å². The SMILES string of the molecule is CC([SiH3])C(C)(C)C1=CCC=C1. The van der Waals surface area contributed by atoms with E-state index in [1.54, 1.807) is 5.57 Å². The van der Waals surface area contributed by atoms with Crippen molar-refractivity contribution in [2.24, 2.45) is 5.41 Å². The van der Waals surface area contributed by atoms with E-state index in [2.05, 4.69) is 39.0 Å². The van der Waals surface area contributed by atoms with Crippen molar-refractivity contribution >= 4 is 10.2 Å². The highest BCUT2D eigenvalue weighted by molar-refractivity contribution is 6.12. The lowest BCUT2D eigenvalue weighted by molar-refractivity contribution is 0.441. The zero-order valence-electron chi connectivity index (χ0n) is 8.02. The molecule has 0 saturated heterocycles. The van der Waals surface area contributed by atoms with Gasteiger partial charge >= 0.3 is 0 Å². The van der Waals surface area contributed by atoms with Crippen molar-refractivity contribution in [2.45, 2.75) is 32.7 Å². The van der Waals surface area contributed by atoms with Gasteiger partial charge in [0.2, 0.25) is 0 Å². The number of hydrogen-bond donors (Lipinski definition) is 0. The Morgan fingerprint density at radius 3 is 2.55 bits per heavy atom. The first-order valence-corrected chi connectivity index (χ1v) is 5.58. The second-order valence-corrected chi connectivity index (χ2v) is 5.91. The predicted octanol–water partition coefficient (Wildman–Crippen LogP) is 2.07. The Morgan fingerprint density at radius 2 is 2.18 bits per heavy atom. The van der Waals surface area contributed by atoms with Gasteiger partial charge in [0.25, 0.3) is 0 Å². The summed E-state index contributed by atoms with van der Waals surface area (Å²) in [6.07, 6.45) is 8.04. The van der Waals surface area contributed by atoms with Crippen molar-refractivity contribution in [1.82, 2.24) is 0 Å². The lowest BCUT2D eigenvalue weighted by Gasteiger charge is -2.30. The molecule has 0 nitrogen and oxygen atoms in total. The summed E-state index contributed by atoms with van der Waals surface area (Å²) in [6, 6.07) is 0. The zero-order chi connectivity index (χ0) is 8.48. The summed E-state index contributed by atoms with van der Waals surface area (Å²) < 4.78 is 0. The molecule has 1 unspecified atom stereocenters. The normalized spacial score (nSPS) is 20.5. The fraction of sp³-hybridized carbons (Fsp3) is 0.600. The lowest BCUT2D eigenvalue weighted by atomic mass is 9.82. The molecule has 0 spiro atoms. The van der Waals surface area contributed by atoms with Crippen LogP contribution in [0.3, 0.4) is 0 Å². The number of rotatable bonds is 2. The average Bonchev–Trinajstić information content (AvgIpc) is 2.37. The second kappa shape index (κ2) is 2.98. The van der Waals surface area contributed by atoms with Crippen LogP contribution in [0, 0.1) is 5.41 Å². The van der Waals surface area contributed by atoms with Gasteiger partial charge in [-0.25, -0.2) is 0 Å². The molecule has 0 aromatic rings. The van der Waals surface area contributed by atoms with E-state index >= 15 is 0 Å². The maximum atomic E-state index is 2.36. The molecule has 0 aromatic carbocycles. The minimum Gasteiger partial charge on any atom is -0.0804 e. The Kier molecular flexibility index (Phi) is 2.38. The molecule has 62 valence electrons. The monoisotopic (exact) mass is 166 g/mol. The van der Waals surface area contributed by atoms with Crippen LogP contribution < -0.4 is 0 Å². The number of allylic oxidation sites excluding steroid dienone is 4. The van der Waals surface area contributed by atoms with Gasteiger partial charge in [0.15, 0.2) is 0 Å². The first kappa shape index (κ1) is 8.79. The average molecular weight is 166 g/mol. The Hall–Kier alpha value is -0.303. The van der Waals surface area contributed by atoms with Gasteiger partial charge in [-0.1, -0.05) is 39.0 Å². The third-order valence-electron chi connectivity index (χ3n) is 2.96. The highest BCUT2D eigenvalue weighted by Crippen LogP contribution is 2.39. The third kappa shape index (κ3) is 1.64. The van der Waals surface area contributed by atoms with Crippen LogP contribution in [0.2, 0.25) is 5.54 Å². The van der Waals surface area contributed by atoms with Crippen LogP contribution in [0.5, 0.6) is 0 Å². The summed E-state index contributed by atoms with van der Waals surface area (Å²) in [6.45, 7) is 7.05. The molecular weight excluding hydrogens is 148 g/mol. The van der Waals surface area contributed by atoms with Gasteiger partial charge in [-0.2, -0.15) is 0 Å². The van der Waals surface area contributed by atoms with E-state index in [9.17, 15) is 0 Å². The van der Waals surface area contributed by atoms with Crippen molar-refractivity contribution < 1.29 is 0 Å². The van der Waals surface area contributed by atoms with Crippen LogP contribution >= 0.6 is 0 Å². The van der Waals surface area contributed by atoms with E-state index in [1.807, 2.05) is 0 Å². The molecule has 0 saturated carbocycles. The van der Waals surface area contributed by atoms with Gasteiger partial charge in [-0.05, 0) is 23.0 Å². The maximum absolute atomic E-state index is 2.36. The molecule has 0 aliphatic heterocycles. The molecule has 0 bridgehead atoms. The molecule has 0 N–H and O–H groups in total. The predicted molar refractivity (Wildman–Crippen MR) is 55.0 cm³/mol. The van der Waals surface area contributed by atoms with Crippen molar-refractivity contribution in [3.63, 3.8) is 0 Å². The molecule has 0 radical (unpaired) electrons. The van der Waals surface area contributed by atoms with Crippen LogP contribution in [0.25, 0.3) is 0 Å². The van der Waals surface area contributed by atoms with Gasteiger partial charge in [0.05, 0.1) is 0 Å². The molecule has 1 aliphatic rings. The Labute approximate surface area is 72.8 Å². The van der Waals surface area contributed by atoms with Crippen LogP contribution in [0.4, 0.5) is 0 Å². The zero-order valence-corrected chi connectivity index (χ0v) is 10.0. The quantitative estimate of drug-likeness (QED) is 0.551. The summed E-state index contributed by atoms with van der Waals surface area (Å²) in [5.74, 6) is 0. The van der Waals surface area contributed by atoms with Gasteiger partial charge in [0, 0.05) is 10.2 Å². The molecule has 0 heterocycles. The molecular formula is C10H18Si. The van der Waals surface area contributed by atoms with Crippen LogP contribution in [0.1, 0.15) is 27.2 Å². The van der Waals surface area contributed by atoms with Gasteiger partial charge in [0.1, 0.15) is 0 Å². The highest BCUT2D eigenvalue weighted by atomic mass is 28.1. The third-order valence-corrected chi connectivity index (χ3v) is 4.40. The van der Waals surface area contributed by atoms with Crippen molar-refractivity contribution in [2.75, 3.05) is 0 Å². The molecule has 11 heavy (non-hydrogen) atoms. The molecule has 0 fully saturated rings. The summed E-state index contributed by atoms with van der Waals surface area (Å²) in [4.78, 5) is 0. The summed E-state index contributed by atoms with van der Waals surface area (Å²) >= 11 is 0. The molecule has 1 aliphatic carbocycles. The van der Waals surface area contributed by atoms with Gasteiger partial charge < -0.3 is 0 Å². The Bertz CT molecular complexity index is 197. The van der Waals surface area contributed by atoms with E-state index < -0.39 is 0 Å². The van der Waals surface area contributed by atoms with Gasteiger partial charge in [-0.3, -0.25) is 0 Å². The topological polar surface area (TPSA) is 0 Å². The summed E-state index contributed by atoms with van der Waals surface area (Å²) in [5.41, 5.74) is 2.82. The largest absolute Gasteiger partial charge is 0.0804 e. The molecule has 1 atom stereocenters. The lowest BCUT2D eigenvalue weighted by Crippen LogP contribution is -2.18. The van der Waals surface area contributed by atoms with E-state index in [4.69, 9.17) is 0 Å². The van der Waals surface area contributed by atoms with Crippen LogP contribution in [-0.2, 0) is 0 Å². The molecule has 1 heteroatoms. The first-order chi connectivity index (χ1) is 5.05. The van der Waals surface area contributed by atoms with E-state index in [0.29, 0.717) is 5.41 Å². The van der Waals surface area contributed by atoms with Crippen molar-refractivity contribution in [1.29, 1.82) is 0 Å². The second-order valence-electron chi connectivity index (χ2n) is 4.17. The molecule has 0 amide bonds. The first-order valence-electron chi connectivity index (χ1n) is 4.42. The maximum Gasteiger partial charge on any atom is 0.00748 e. The van der Waals surface area contributed by atoms with Crippen molar-refractivity contribution in [3.8, 4) is 0 Å². The standard InChI is InChI=1S/C10H18Si/c1-8(11)10(2,3)9-6-4-5-7-9/h4,6-8H,5H2,1-3,11H3. The minimum absolute atomic E-state index is 0.416. The molecule has 1 rings (SSSR count). The van der Waals surface area contributed by atoms with E-state index in [-0.39, 0.29) is 0 Å². The Morgan fingerprint density at radius 1 is 1.55 bits per heavy atom. The molecule has 0 aromatic heterocycles. The van der Waals surface area contributed by atoms with E-state index in [1.165, 1.54) is 10.2 Å². The highest BCUT2D eigenvalue weighted by Gasteiger charge is 2.25. The number of hydrogen-bond acceptors (Lipinski definition) is 0. The van der Waals surface area contributed by atoms with Gasteiger partial charge in [-0.15, -0.1) is 0 Å². The fourth-order valence-corrected chi connectivity index (χ4v) is 1.60. The Balaban J connectivity index is 2.79. The smallest absolute Gasteiger partial charge is 0.00748 e. The summed E-state index contributed by atoms with van der Waals surface area (Å²) in [7, 11) is 1.29. The van der Waals surface area contributed by atoms with Crippen LogP contribution in [0.15, 0.2) is 23.8 Å². The minimum atomic E-state index is 0.416. The van der Waals surface area contributed by atoms with Crippen molar-refractivity contribution in [3.05, 3.63) is 23.8 Å².